The van der Waals surface area contributed by atoms with E-state index in [0.29, 0.717) is 17.7 Å². The van der Waals surface area contributed by atoms with E-state index in [-0.39, 0.29) is 0 Å². The zero-order valence-electron chi connectivity index (χ0n) is 13.8. The number of methoxy groups -OCH3 is 1. The third-order valence-corrected chi connectivity index (χ3v) is 5.42. The second-order valence-electron chi connectivity index (χ2n) is 5.97. The highest BCUT2D eigenvalue weighted by Crippen LogP contribution is 2.32. The Labute approximate surface area is 143 Å². The van der Waals surface area contributed by atoms with Gasteiger partial charge in [-0.1, -0.05) is 42.5 Å². The first-order valence-electron chi connectivity index (χ1n) is 7.78. The molecule has 0 N–H and O–H groups in total. The van der Waals surface area contributed by atoms with Crippen LogP contribution in [0.25, 0.3) is 0 Å². The third-order valence-electron chi connectivity index (χ3n) is 4.20. The second-order valence-corrected chi connectivity index (χ2v) is 7.96. The summed E-state index contributed by atoms with van der Waals surface area (Å²) in [6, 6.07) is 7.76. The molecular formula is C20H20O3S. The summed E-state index contributed by atoms with van der Waals surface area (Å²) < 4.78 is 29.5. The fourth-order valence-electron chi connectivity index (χ4n) is 2.98. The van der Waals surface area contributed by atoms with Crippen molar-refractivity contribution < 1.29 is 13.2 Å². The van der Waals surface area contributed by atoms with Crippen LogP contribution in [0, 0.1) is 0 Å². The zero-order chi connectivity index (χ0) is 17.2. The minimum atomic E-state index is -3.25. The van der Waals surface area contributed by atoms with Crippen molar-refractivity contribution in [2.24, 2.45) is 0 Å². The molecule has 2 aliphatic rings. The molecule has 0 unspecified atom stereocenters. The Kier molecular flexibility index (Phi) is 4.58. The second kappa shape index (κ2) is 6.65. The smallest absolute Gasteiger partial charge is 0.175 e. The van der Waals surface area contributed by atoms with Gasteiger partial charge < -0.3 is 4.74 Å². The van der Waals surface area contributed by atoms with Crippen LogP contribution in [-0.2, 0) is 16.3 Å². The Morgan fingerprint density at radius 3 is 2.25 bits per heavy atom. The molecule has 1 aromatic rings. The molecule has 0 amide bonds. The molecule has 3 nitrogen and oxygen atoms in total. The molecule has 0 radical (unpaired) electrons. The van der Waals surface area contributed by atoms with Crippen LogP contribution in [0.4, 0.5) is 0 Å². The first kappa shape index (κ1) is 16.5. The number of rotatable bonds is 4. The van der Waals surface area contributed by atoms with Gasteiger partial charge in [0, 0.05) is 6.26 Å². The zero-order valence-corrected chi connectivity index (χ0v) is 14.6. The van der Waals surface area contributed by atoms with Crippen molar-refractivity contribution in [2.45, 2.75) is 12.8 Å². The summed E-state index contributed by atoms with van der Waals surface area (Å²) in [4.78, 5) is 0.439. The largest absolute Gasteiger partial charge is 0.497 e. The lowest BCUT2D eigenvalue weighted by molar-refractivity contribution is 0.414. The fourth-order valence-corrected chi connectivity index (χ4v) is 3.97. The van der Waals surface area contributed by atoms with Crippen LogP contribution < -0.4 is 4.74 Å². The Balaban J connectivity index is 1.96. The summed E-state index contributed by atoms with van der Waals surface area (Å²) in [6.07, 6.45) is 14.3. The maximum absolute atomic E-state index is 12.1. The van der Waals surface area contributed by atoms with Gasteiger partial charge in [-0.15, -0.1) is 0 Å². The SMILES string of the molecule is COc1ccc(CC2=C(S(C)(=O)=O)C=CC(=C3C=CC=C3)C2)cc1. The van der Waals surface area contributed by atoms with Gasteiger partial charge in [-0.25, -0.2) is 8.42 Å². The average Bonchev–Trinajstić information content (AvgIpc) is 3.09. The first-order valence-corrected chi connectivity index (χ1v) is 9.67. The van der Waals surface area contributed by atoms with E-state index in [2.05, 4.69) is 12.2 Å². The Morgan fingerprint density at radius 1 is 1.00 bits per heavy atom. The van der Waals surface area contributed by atoms with Crippen LogP contribution in [0.5, 0.6) is 5.75 Å². The van der Waals surface area contributed by atoms with E-state index >= 15 is 0 Å². The summed E-state index contributed by atoms with van der Waals surface area (Å²) >= 11 is 0. The summed E-state index contributed by atoms with van der Waals surface area (Å²) in [5, 5.41) is 0. The number of hydrogen-bond donors (Lipinski definition) is 0. The van der Waals surface area contributed by atoms with Crippen molar-refractivity contribution in [1.82, 2.24) is 0 Å². The van der Waals surface area contributed by atoms with Crippen LogP contribution in [0.3, 0.4) is 0 Å². The number of ether oxygens (including phenoxy) is 1. The fraction of sp³-hybridized carbons (Fsp3) is 0.200. The van der Waals surface area contributed by atoms with Crippen molar-refractivity contribution in [2.75, 3.05) is 13.4 Å². The van der Waals surface area contributed by atoms with Gasteiger partial charge in [0.1, 0.15) is 5.75 Å². The molecule has 0 atom stereocenters. The highest BCUT2D eigenvalue weighted by molar-refractivity contribution is 7.94. The molecule has 0 saturated heterocycles. The predicted molar refractivity (Wildman–Crippen MR) is 97.6 cm³/mol. The Hall–Kier alpha value is -2.33. The molecule has 0 aliphatic heterocycles. The summed E-state index contributed by atoms with van der Waals surface area (Å²) in [5.74, 6) is 0.795. The summed E-state index contributed by atoms with van der Waals surface area (Å²) in [6.45, 7) is 0. The standard InChI is InChI=1S/C20H20O3S/c1-23-19-10-7-15(8-11-19)13-18-14-17(16-5-3-4-6-16)9-12-20(18)24(2,21)22/h3-12H,13-14H2,1-2H3. The van der Waals surface area contributed by atoms with E-state index in [1.54, 1.807) is 13.2 Å². The molecule has 0 bridgehead atoms. The summed E-state index contributed by atoms with van der Waals surface area (Å²) in [5.41, 5.74) is 4.30. The van der Waals surface area contributed by atoms with Crippen molar-refractivity contribution in [3.8, 4) is 5.75 Å². The molecule has 0 aromatic heterocycles. The number of hydrogen-bond acceptors (Lipinski definition) is 3. The van der Waals surface area contributed by atoms with Crippen LogP contribution in [0.1, 0.15) is 12.0 Å². The van der Waals surface area contributed by atoms with Crippen LogP contribution in [0.15, 0.2) is 82.3 Å². The average molecular weight is 340 g/mol. The van der Waals surface area contributed by atoms with Gasteiger partial charge in [-0.3, -0.25) is 0 Å². The van der Waals surface area contributed by atoms with Gasteiger partial charge in [-0.2, -0.15) is 0 Å². The minimum absolute atomic E-state index is 0.439. The van der Waals surface area contributed by atoms with Crippen molar-refractivity contribution >= 4 is 9.84 Å². The lowest BCUT2D eigenvalue weighted by atomic mass is 9.91. The van der Waals surface area contributed by atoms with E-state index in [0.717, 1.165) is 28.0 Å². The Morgan fingerprint density at radius 2 is 1.67 bits per heavy atom. The van der Waals surface area contributed by atoms with E-state index in [1.165, 1.54) is 6.26 Å². The van der Waals surface area contributed by atoms with Gasteiger partial charge in [0.15, 0.2) is 9.84 Å². The molecule has 0 heterocycles. The highest BCUT2D eigenvalue weighted by atomic mass is 32.2. The molecule has 2 aliphatic carbocycles. The van der Waals surface area contributed by atoms with Gasteiger partial charge in [0.25, 0.3) is 0 Å². The van der Waals surface area contributed by atoms with Gasteiger partial charge >= 0.3 is 0 Å². The third kappa shape index (κ3) is 3.60. The molecule has 4 heteroatoms. The van der Waals surface area contributed by atoms with Gasteiger partial charge in [0.05, 0.1) is 12.0 Å². The first-order chi connectivity index (χ1) is 11.5. The normalized spacial score (nSPS) is 17.1. The number of sulfone groups is 1. The lowest BCUT2D eigenvalue weighted by Crippen LogP contribution is -2.09. The molecule has 0 fully saturated rings. The quantitative estimate of drug-likeness (QED) is 0.834. The van der Waals surface area contributed by atoms with Gasteiger partial charge in [0.2, 0.25) is 0 Å². The molecule has 1 aromatic carbocycles. The molecule has 24 heavy (non-hydrogen) atoms. The Bertz CT molecular complexity index is 879. The topological polar surface area (TPSA) is 43.4 Å². The van der Waals surface area contributed by atoms with E-state index in [1.807, 2.05) is 42.5 Å². The van der Waals surface area contributed by atoms with Crippen LogP contribution >= 0.6 is 0 Å². The maximum Gasteiger partial charge on any atom is 0.175 e. The molecule has 124 valence electrons. The van der Waals surface area contributed by atoms with Crippen molar-refractivity contribution in [3.63, 3.8) is 0 Å². The maximum atomic E-state index is 12.1. The van der Waals surface area contributed by atoms with E-state index in [4.69, 9.17) is 4.74 Å². The van der Waals surface area contributed by atoms with Crippen molar-refractivity contribution in [1.29, 1.82) is 0 Å². The predicted octanol–water partition coefficient (Wildman–Crippen LogP) is 3.92. The minimum Gasteiger partial charge on any atom is -0.497 e. The molecular weight excluding hydrogens is 320 g/mol. The molecule has 0 saturated carbocycles. The molecule has 0 spiro atoms. The van der Waals surface area contributed by atoms with Crippen LogP contribution in [0.2, 0.25) is 0 Å². The number of allylic oxidation sites excluding steroid dienone is 9. The van der Waals surface area contributed by atoms with Gasteiger partial charge in [-0.05, 0) is 53.3 Å². The monoisotopic (exact) mass is 340 g/mol. The lowest BCUT2D eigenvalue weighted by Gasteiger charge is -2.18. The van der Waals surface area contributed by atoms with Crippen molar-refractivity contribution in [3.05, 3.63) is 87.9 Å². The highest BCUT2D eigenvalue weighted by Gasteiger charge is 2.20. The summed E-state index contributed by atoms with van der Waals surface area (Å²) in [7, 11) is -1.61. The van der Waals surface area contributed by atoms with E-state index in [9.17, 15) is 8.42 Å². The van der Waals surface area contributed by atoms with Crippen LogP contribution in [-0.4, -0.2) is 21.8 Å². The van der Waals surface area contributed by atoms with E-state index < -0.39 is 9.84 Å². The number of benzene rings is 1. The molecule has 3 rings (SSSR count).